The van der Waals surface area contributed by atoms with Gasteiger partial charge in [-0.3, -0.25) is 4.79 Å². The van der Waals surface area contributed by atoms with E-state index in [1.807, 2.05) is 44.2 Å². The van der Waals surface area contributed by atoms with Crippen LogP contribution in [0.4, 0.5) is 0 Å². The second kappa shape index (κ2) is 8.73. The van der Waals surface area contributed by atoms with Crippen LogP contribution in [0.25, 0.3) is 16.4 Å². The van der Waals surface area contributed by atoms with Crippen molar-refractivity contribution in [3.05, 3.63) is 47.4 Å². The molecule has 0 N–H and O–H groups in total. The Labute approximate surface area is 147 Å². The largest absolute Gasteiger partial charge is 0.466 e. The van der Waals surface area contributed by atoms with Crippen LogP contribution in [-0.2, 0) is 16.0 Å². The van der Waals surface area contributed by atoms with E-state index in [9.17, 15) is 4.79 Å². The van der Waals surface area contributed by atoms with E-state index >= 15 is 0 Å². The number of thioether (sulfide) groups is 1. The molecule has 0 radical (unpaired) electrons. The zero-order valence-electron chi connectivity index (χ0n) is 14.6. The van der Waals surface area contributed by atoms with Gasteiger partial charge in [0, 0.05) is 10.5 Å². The summed E-state index contributed by atoms with van der Waals surface area (Å²) >= 11 is 1.67. The molecule has 2 rings (SSSR count). The number of allylic oxidation sites excluding steroid dienone is 1. The van der Waals surface area contributed by atoms with Gasteiger partial charge in [-0.2, -0.15) is 0 Å². The topological polar surface area (TPSA) is 52.3 Å². The molecule has 2 aromatic rings. The molecule has 0 atom stereocenters. The Balaban J connectivity index is 2.47. The molecule has 1 aromatic heterocycles. The van der Waals surface area contributed by atoms with Crippen LogP contribution in [-0.4, -0.2) is 23.3 Å². The number of benzene rings is 1. The average Bonchev–Trinajstić information content (AvgIpc) is 2.96. The van der Waals surface area contributed by atoms with Gasteiger partial charge >= 0.3 is 5.97 Å². The lowest BCUT2D eigenvalue weighted by Crippen LogP contribution is -2.09. The Hall–Kier alpha value is -2.01. The second-order valence-electron chi connectivity index (χ2n) is 5.18. The predicted octanol–water partition coefficient (Wildman–Crippen LogP) is 4.87. The molecule has 1 aromatic carbocycles. The monoisotopic (exact) mass is 345 g/mol. The average molecular weight is 345 g/mol. The first kappa shape index (κ1) is 18.3. The lowest BCUT2D eigenvalue weighted by atomic mass is 10.1. The number of nitrogens with zero attached hydrogens (tertiary/aromatic N) is 1. The van der Waals surface area contributed by atoms with Crippen LogP contribution < -0.4 is 0 Å². The number of hydrogen-bond donors (Lipinski definition) is 0. The molecule has 4 nitrogen and oxygen atoms in total. The number of carbonyl (C=O) groups excluding carboxylic acids is 1. The summed E-state index contributed by atoms with van der Waals surface area (Å²) in [5, 5.41) is 0. The van der Waals surface area contributed by atoms with E-state index in [4.69, 9.17) is 9.15 Å². The maximum atomic E-state index is 11.9. The number of hydrogen-bond acceptors (Lipinski definition) is 5. The molecule has 0 bridgehead atoms. The Morgan fingerprint density at radius 1 is 1.33 bits per heavy atom. The SMILES string of the molecule is C/C=C(\SCC)c1oc(-c2ccccc2C)nc1CC(=O)OCC. The first-order valence-electron chi connectivity index (χ1n) is 8.11. The number of aromatic nitrogens is 1. The molecular weight excluding hydrogens is 322 g/mol. The summed E-state index contributed by atoms with van der Waals surface area (Å²) in [6, 6.07) is 7.92. The Bertz CT molecular complexity index is 734. The summed E-state index contributed by atoms with van der Waals surface area (Å²) in [6.07, 6.45) is 2.10. The molecule has 0 saturated carbocycles. The highest BCUT2D eigenvalue weighted by molar-refractivity contribution is 8.08. The molecule has 0 aliphatic heterocycles. The molecule has 1 heterocycles. The van der Waals surface area contributed by atoms with Crippen LogP contribution in [0.2, 0.25) is 0 Å². The van der Waals surface area contributed by atoms with Gasteiger partial charge in [0.05, 0.1) is 18.7 Å². The van der Waals surface area contributed by atoms with Crippen molar-refractivity contribution in [1.82, 2.24) is 4.98 Å². The molecule has 128 valence electrons. The number of aryl methyl sites for hydroxylation is 1. The van der Waals surface area contributed by atoms with Gasteiger partial charge in [0.1, 0.15) is 0 Å². The molecule has 0 aliphatic rings. The lowest BCUT2D eigenvalue weighted by Gasteiger charge is -2.04. The molecule has 5 heteroatoms. The van der Waals surface area contributed by atoms with Crippen LogP contribution in [0.3, 0.4) is 0 Å². The van der Waals surface area contributed by atoms with Gasteiger partial charge < -0.3 is 9.15 Å². The van der Waals surface area contributed by atoms with E-state index in [-0.39, 0.29) is 12.4 Å². The summed E-state index contributed by atoms with van der Waals surface area (Å²) in [5.41, 5.74) is 2.64. The third-order valence-electron chi connectivity index (χ3n) is 3.48. The number of esters is 1. The fraction of sp³-hybridized carbons (Fsp3) is 0.368. The number of carbonyl (C=O) groups is 1. The van der Waals surface area contributed by atoms with Gasteiger partial charge in [-0.15, -0.1) is 11.8 Å². The first-order valence-corrected chi connectivity index (χ1v) is 9.10. The lowest BCUT2D eigenvalue weighted by molar-refractivity contribution is -0.142. The minimum Gasteiger partial charge on any atom is -0.466 e. The van der Waals surface area contributed by atoms with Gasteiger partial charge in [-0.05, 0) is 38.2 Å². The maximum absolute atomic E-state index is 11.9. The summed E-state index contributed by atoms with van der Waals surface area (Å²) < 4.78 is 11.1. The van der Waals surface area contributed by atoms with Crippen LogP contribution in [0.1, 0.15) is 37.8 Å². The minimum atomic E-state index is -0.291. The van der Waals surface area contributed by atoms with E-state index in [0.29, 0.717) is 24.0 Å². The molecule has 0 aliphatic carbocycles. The van der Waals surface area contributed by atoms with Gasteiger partial charge in [0.15, 0.2) is 5.76 Å². The van der Waals surface area contributed by atoms with Crippen molar-refractivity contribution in [2.75, 3.05) is 12.4 Å². The van der Waals surface area contributed by atoms with E-state index in [1.165, 1.54) is 0 Å². The van der Waals surface area contributed by atoms with Crippen molar-refractivity contribution < 1.29 is 13.9 Å². The zero-order chi connectivity index (χ0) is 17.5. The quantitative estimate of drug-likeness (QED) is 0.670. The van der Waals surface area contributed by atoms with Gasteiger partial charge in [0.25, 0.3) is 0 Å². The van der Waals surface area contributed by atoms with Crippen molar-refractivity contribution in [2.24, 2.45) is 0 Å². The van der Waals surface area contributed by atoms with Gasteiger partial charge in [-0.1, -0.05) is 31.2 Å². The van der Waals surface area contributed by atoms with Crippen LogP contribution >= 0.6 is 11.8 Å². The summed E-state index contributed by atoms with van der Waals surface area (Å²) in [5.74, 6) is 1.83. The van der Waals surface area contributed by atoms with E-state index in [1.54, 1.807) is 18.7 Å². The standard InChI is InChI=1S/C19H23NO3S/c1-5-16(24-7-3)18-15(12-17(21)22-6-2)20-19(23-18)14-11-9-8-10-13(14)4/h5,8-11H,6-7,12H2,1-4H3/b16-5-. The van der Waals surface area contributed by atoms with Crippen molar-refractivity contribution >= 4 is 22.6 Å². The zero-order valence-corrected chi connectivity index (χ0v) is 15.4. The Kier molecular flexibility index (Phi) is 6.67. The van der Waals surface area contributed by atoms with Crippen molar-refractivity contribution in [1.29, 1.82) is 0 Å². The molecule has 0 unspecified atom stereocenters. The normalized spacial score (nSPS) is 11.6. The van der Waals surface area contributed by atoms with Gasteiger partial charge in [0.2, 0.25) is 5.89 Å². The van der Waals surface area contributed by atoms with Crippen LogP contribution in [0.15, 0.2) is 34.8 Å². The fourth-order valence-electron chi connectivity index (χ4n) is 2.38. The molecule has 0 fully saturated rings. The smallest absolute Gasteiger partial charge is 0.312 e. The molecule has 0 amide bonds. The summed E-state index contributed by atoms with van der Waals surface area (Å²) in [4.78, 5) is 17.5. The minimum absolute atomic E-state index is 0.111. The van der Waals surface area contributed by atoms with E-state index in [2.05, 4.69) is 11.9 Å². The van der Waals surface area contributed by atoms with Crippen LogP contribution in [0, 0.1) is 6.92 Å². The third-order valence-corrected chi connectivity index (χ3v) is 4.50. The van der Waals surface area contributed by atoms with E-state index < -0.39 is 0 Å². The van der Waals surface area contributed by atoms with Crippen molar-refractivity contribution in [2.45, 2.75) is 34.1 Å². The number of ether oxygens (including phenoxy) is 1. The third kappa shape index (κ3) is 4.29. The highest BCUT2D eigenvalue weighted by atomic mass is 32.2. The highest BCUT2D eigenvalue weighted by Crippen LogP contribution is 2.34. The predicted molar refractivity (Wildman–Crippen MR) is 98.8 cm³/mol. The molecule has 24 heavy (non-hydrogen) atoms. The second-order valence-corrected chi connectivity index (χ2v) is 6.48. The number of rotatable bonds is 7. The summed E-state index contributed by atoms with van der Waals surface area (Å²) in [6.45, 7) is 8.21. The Morgan fingerprint density at radius 3 is 2.71 bits per heavy atom. The van der Waals surface area contributed by atoms with Crippen molar-refractivity contribution in [3.8, 4) is 11.5 Å². The fourth-order valence-corrected chi connectivity index (χ4v) is 3.14. The van der Waals surface area contributed by atoms with Crippen molar-refractivity contribution in [3.63, 3.8) is 0 Å². The first-order chi connectivity index (χ1) is 11.6. The number of oxazole rings is 1. The summed E-state index contributed by atoms with van der Waals surface area (Å²) in [7, 11) is 0. The van der Waals surface area contributed by atoms with Gasteiger partial charge in [-0.25, -0.2) is 4.98 Å². The molecular formula is C19H23NO3S. The van der Waals surface area contributed by atoms with E-state index in [0.717, 1.165) is 21.8 Å². The molecule has 0 spiro atoms. The highest BCUT2D eigenvalue weighted by Gasteiger charge is 2.21. The van der Waals surface area contributed by atoms with Crippen LogP contribution in [0.5, 0.6) is 0 Å². The Morgan fingerprint density at radius 2 is 2.08 bits per heavy atom. The maximum Gasteiger partial charge on any atom is 0.312 e. The molecule has 0 saturated heterocycles.